The number of aromatic nitrogens is 1. The number of aliphatic hydroxyl groups is 2. The van der Waals surface area contributed by atoms with Gasteiger partial charge in [0.1, 0.15) is 18.5 Å². The number of carboxylic acids is 1. The monoisotopic (exact) mass is 383 g/mol. The summed E-state index contributed by atoms with van der Waals surface area (Å²) in [6.07, 6.45) is -1.07. The summed E-state index contributed by atoms with van der Waals surface area (Å²) in [6.45, 7) is 1.37. The third-order valence-electron chi connectivity index (χ3n) is 4.42. The molecular weight excluding hydrogens is 362 g/mol. The minimum atomic E-state index is -0.963. The second kappa shape index (κ2) is 8.24. The lowest BCUT2D eigenvalue weighted by Gasteiger charge is -2.11. The van der Waals surface area contributed by atoms with Crippen molar-refractivity contribution >= 4 is 22.8 Å². The number of ether oxygens (including phenoxy) is 1. The van der Waals surface area contributed by atoms with Crippen molar-refractivity contribution < 1.29 is 29.6 Å². The number of hydrogen-bond acceptors (Lipinski definition) is 5. The molecule has 3 N–H and O–H groups in total. The Balaban J connectivity index is 1.89. The van der Waals surface area contributed by atoms with Gasteiger partial charge >= 0.3 is 5.97 Å². The number of hydrogen-bond donors (Lipinski definition) is 3. The fourth-order valence-electron chi connectivity index (χ4n) is 3.08. The van der Waals surface area contributed by atoms with Crippen molar-refractivity contribution in [1.29, 1.82) is 0 Å². The molecule has 0 aliphatic heterocycles. The number of rotatable bonds is 7. The zero-order valence-corrected chi connectivity index (χ0v) is 15.3. The zero-order valence-electron chi connectivity index (χ0n) is 15.3. The van der Waals surface area contributed by atoms with Crippen molar-refractivity contribution in [3.8, 4) is 5.75 Å². The van der Waals surface area contributed by atoms with Crippen LogP contribution in [0.5, 0.6) is 5.75 Å². The Hall–Kier alpha value is -3.16. The molecule has 7 heteroatoms. The summed E-state index contributed by atoms with van der Waals surface area (Å²) in [5.41, 5.74) is 2.47. The van der Waals surface area contributed by atoms with E-state index in [9.17, 15) is 14.7 Å². The Morgan fingerprint density at radius 2 is 1.86 bits per heavy atom. The van der Waals surface area contributed by atoms with Gasteiger partial charge in [-0.05, 0) is 48.9 Å². The molecule has 1 unspecified atom stereocenters. The minimum Gasteiger partial charge on any atom is -0.491 e. The summed E-state index contributed by atoms with van der Waals surface area (Å²) < 4.78 is 6.91. The van der Waals surface area contributed by atoms with E-state index in [1.165, 1.54) is 0 Å². The van der Waals surface area contributed by atoms with Crippen molar-refractivity contribution in [2.24, 2.45) is 0 Å². The maximum atomic E-state index is 13.0. The molecule has 3 aromatic rings. The fourth-order valence-corrected chi connectivity index (χ4v) is 3.08. The highest BCUT2D eigenvalue weighted by Gasteiger charge is 2.17. The van der Waals surface area contributed by atoms with Crippen LogP contribution in [-0.4, -0.2) is 51.1 Å². The molecule has 1 atom stereocenters. The van der Waals surface area contributed by atoms with Crippen LogP contribution in [0.2, 0.25) is 0 Å². The highest BCUT2D eigenvalue weighted by Crippen LogP contribution is 2.25. The molecule has 3 rings (SSSR count). The normalized spacial score (nSPS) is 12.1. The van der Waals surface area contributed by atoms with Crippen molar-refractivity contribution in [3.05, 3.63) is 65.4 Å². The predicted octanol–water partition coefficient (Wildman–Crippen LogP) is 2.00. The Labute approximate surface area is 161 Å². The average Bonchev–Trinajstić information content (AvgIpc) is 3.02. The van der Waals surface area contributed by atoms with E-state index in [0.29, 0.717) is 28.1 Å². The van der Waals surface area contributed by atoms with E-state index >= 15 is 0 Å². The first kappa shape index (κ1) is 19.6. The molecule has 0 saturated carbocycles. The molecule has 0 saturated heterocycles. The van der Waals surface area contributed by atoms with Crippen LogP contribution in [0.4, 0.5) is 0 Å². The summed E-state index contributed by atoms with van der Waals surface area (Å²) in [6, 6.07) is 13.6. The average molecular weight is 383 g/mol. The molecule has 0 fully saturated rings. The number of benzene rings is 2. The molecule has 28 heavy (non-hydrogen) atoms. The third-order valence-corrected chi connectivity index (χ3v) is 4.42. The van der Waals surface area contributed by atoms with Gasteiger partial charge in [0.05, 0.1) is 18.5 Å². The van der Waals surface area contributed by atoms with E-state index in [0.717, 1.165) is 5.39 Å². The lowest BCUT2D eigenvalue weighted by Crippen LogP contribution is -2.21. The number of carbonyl (C=O) groups is 2. The highest BCUT2D eigenvalue weighted by molar-refractivity contribution is 6.04. The molecule has 0 aliphatic carbocycles. The molecule has 7 nitrogen and oxygen atoms in total. The Morgan fingerprint density at radius 1 is 1.14 bits per heavy atom. The summed E-state index contributed by atoms with van der Waals surface area (Å²) in [5, 5.41) is 28.0. The van der Waals surface area contributed by atoms with Crippen LogP contribution in [0.25, 0.3) is 10.9 Å². The SMILES string of the molecule is Cc1cc2c(CC(=O)O)cccc2n1C(=O)c1ccc(OCC(O)CO)cc1. The van der Waals surface area contributed by atoms with Crippen LogP contribution >= 0.6 is 0 Å². The van der Waals surface area contributed by atoms with E-state index in [1.807, 2.05) is 6.07 Å². The number of aryl methyl sites for hydroxylation is 1. The van der Waals surface area contributed by atoms with Crippen LogP contribution in [0.3, 0.4) is 0 Å². The first-order valence-electron chi connectivity index (χ1n) is 8.79. The molecule has 0 amide bonds. The van der Waals surface area contributed by atoms with Gasteiger partial charge in [-0.2, -0.15) is 0 Å². The second-order valence-corrected chi connectivity index (χ2v) is 6.52. The zero-order chi connectivity index (χ0) is 20.3. The Kier molecular flexibility index (Phi) is 5.77. The first-order chi connectivity index (χ1) is 13.4. The molecule has 0 aliphatic rings. The number of fused-ring (bicyclic) bond motifs is 1. The summed E-state index contributed by atoms with van der Waals surface area (Å²) in [5.74, 6) is -0.685. The predicted molar refractivity (Wildman–Crippen MR) is 103 cm³/mol. The molecular formula is C21H21NO6. The van der Waals surface area contributed by atoms with Gasteiger partial charge in [0.25, 0.3) is 5.91 Å². The van der Waals surface area contributed by atoms with Gasteiger partial charge in [0.15, 0.2) is 0 Å². The van der Waals surface area contributed by atoms with Crippen LogP contribution in [0.15, 0.2) is 48.5 Å². The molecule has 2 aromatic carbocycles. The van der Waals surface area contributed by atoms with E-state index in [4.69, 9.17) is 14.9 Å². The van der Waals surface area contributed by atoms with E-state index in [1.54, 1.807) is 54.0 Å². The highest BCUT2D eigenvalue weighted by atomic mass is 16.5. The first-order valence-corrected chi connectivity index (χ1v) is 8.79. The van der Waals surface area contributed by atoms with Gasteiger partial charge in [-0.3, -0.25) is 14.2 Å². The van der Waals surface area contributed by atoms with Gasteiger partial charge in [0, 0.05) is 16.6 Å². The van der Waals surface area contributed by atoms with Gasteiger partial charge in [-0.25, -0.2) is 0 Å². The van der Waals surface area contributed by atoms with Crippen LogP contribution in [0.1, 0.15) is 21.6 Å². The molecule has 146 valence electrons. The fraction of sp³-hybridized carbons (Fsp3) is 0.238. The van der Waals surface area contributed by atoms with E-state index in [-0.39, 0.29) is 25.5 Å². The molecule has 0 bridgehead atoms. The van der Waals surface area contributed by atoms with Crippen molar-refractivity contribution in [1.82, 2.24) is 4.57 Å². The molecule has 0 spiro atoms. The lowest BCUT2D eigenvalue weighted by molar-refractivity contribution is -0.136. The summed E-state index contributed by atoms with van der Waals surface area (Å²) in [4.78, 5) is 24.1. The lowest BCUT2D eigenvalue weighted by atomic mass is 10.1. The quantitative estimate of drug-likeness (QED) is 0.576. The van der Waals surface area contributed by atoms with Crippen molar-refractivity contribution in [2.75, 3.05) is 13.2 Å². The molecule has 1 aromatic heterocycles. The van der Waals surface area contributed by atoms with Gasteiger partial charge in [0.2, 0.25) is 0 Å². The van der Waals surface area contributed by atoms with Crippen LogP contribution in [0, 0.1) is 6.92 Å². The number of carboxylic acid groups (broad SMARTS) is 1. The minimum absolute atomic E-state index is 0.0442. The van der Waals surface area contributed by atoms with Crippen LogP contribution in [-0.2, 0) is 11.2 Å². The maximum Gasteiger partial charge on any atom is 0.307 e. The third kappa shape index (κ3) is 4.05. The Bertz CT molecular complexity index is 1010. The number of aliphatic hydroxyl groups excluding tert-OH is 2. The largest absolute Gasteiger partial charge is 0.491 e. The van der Waals surface area contributed by atoms with E-state index < -0.39 is 12.1 Å². The number of nitrogens with zero attached hydrogens (tertiary/aromatic N) is 1. The topological polar surface area (TPSA) is 109 Å². The number of aliphatic carboxylic acids is 1. The standard InChI is InChI=1S/C21H21NO6/c1-13-9-18-15(10-20(25)26)3-2-4-19(18)22(13)21(27)14-5-7-17(8-6-14)28-12-16(24)11-23/h2-9,16,23-24H,10-12H2,1H3,(H,25,26). The van der Waals surface area contributed by atoms with Gasteiger partial charge < -0.3 is 20.1 Å². The van der Waals surface area contributed by atoms with Crippen LogP contribution < -0.4 is 4.74 Å². The van der Waals surface area contributed by atoms with Crippen molar-refractivity contribution in [2.45, 2.75) is 19.4 Å². The molecule has 1 heterocycles. The maximum absolute atomic E-state index is 13.0. The second-order valence-electron chi connectivity index (χ2n) is 6.52. The van der Waals surface area contributed by atoms with Crippen molar-refractivity contribution in [3.63, 3.8) is 0 Å². The summed E-state index contributed by atoms with van der Waals surface area (Å²) >= 11 is 0. The van der Waals surface area contributed by atoms with Gasteiger partial charge in [-0.15, -0.1) is 0 Å². The summed E-state index contributed by atoms with van der Waals surface area (Å²) in [7, 11) is 0. The molecule has 0 radical (unpaired) electrons. The smallest absolute Gasteiger partial charge is 0.307 e. The van der Waals surface area contributed by atoms with Gasteiger partial charge in [-0.1, -0.05) is 12.1 Å². The Morgan fingerprint density at radius 3 is 2.50 bits per heavy atom. The number of carbonyl (C=O) groups excluding carboxylic acids is 1. The van der Waals surface area contributed by atoms with E-state index in [2.05, 4.69) is 0 Å².